The van der Waals surface area contributed by atoms with Crippen molar-refractivity contribution in [2.24, 2.45) is 0 Å². The third kappa shape index (κ3) is 5.36. The van der Waals surface area contributed by atoms with E-state index in [0.29, 0.717) is 37.0 Å². The number of amides is 1. The molecule has 1 amide bonds. The molecule has 7 nitrogen and oxygen atoms in total. The highest BCUT2D eigenvalue weighted by atomic mass is 35.5. The van der Waals surface area contributed by atoms with Crippen molar-refractivity contribution in [3.8, 4) is 5.75 Å². The third-order valence-corrected chi connectivity index (χ3v) is 4.87. The molecular weight excluding hydrogens is 382 g/mol. The van der Waals surface area contributed by atoms with E-state index in [1.54, 1.807) is 29.3 Å². The van der Waals surface area contributed by atoms with Crippen LogP contribution in [-0.4, -0.2) is 61.2 Å². The number of aromatic nitrogens is 1. The van der Waals surface area contributed by atoms with Crippen LogP contribution in [0.25, 0.3) is 0 Å². The summed E-state index contributed by atoms with van der Waals surface area (Å²) in [5.74, 6) is 0.621. The molecule has 1 fully saturated rings. The number of hydrogen-bond acceptors (Lipinski definition) is 6. The number of nitrogens with zero attached hydrogens (tertiary/aromatic N) is 3. The summed E-state index contributed by atoms with van der Waals surface area (Å²) in [6.07, 6.45) is 1.75. The molecule has 28 heavy (non-hydrogen) atoms. The Morgan fingerprint density at radius 1 is 1.11 bits per heavy atom. The van der Waals surface area contributed by atoms with Crippen molar-refractivity contribution in [3.05, 3.63) is 53.2 Å². The third-order valence-electron chi connectivity index (χ3n) is 4.45. The fourth-order valence-electron chi connectivity index (χ4n) is 2.85. The van der Waals surface area contributed by atoms with Gasteiger partial charge in [0.15, 0.2) is 13.2 Å². The molecule has 1 aliphatic rings. The van der Waals surface area contributed by atoms with Gasteiger partial charge in [-0.3, -0.25) is 4.79 Å². The van der Waals surface area contributed by atoms with Crippen LogP contribution >= 0.6 is 11.6 Å². The molecule has 1 aromatic heterocycles. The number of rotatable bonds is 6. The van der Waals surface area contributed by atoms with Crippen LogP contribution in [0.15, 0.2) is 42.6 Å². The number of halogens is 1. The summed E-state index contributed by atoms with van der Waals surface area (Å²) >= 11 is 5.95. The van der Waals surface area contributed by atoms with Gasteiger partial charge in [0.25, 0.3) is 5.91 Å². The summed E-state index contributed by atoms with van der Waals surface area (Å²) < 4.78 is 10.4. The summed E-state index contributed by atoms with van der Waals surface area (Å²) in [5, 5.41) is 0.628. The summed E-state index contributed by atoms with van der Waals surface area (Å²) in [6.45, 7) is 3.81. The maximum Gasteiger partial charge on any atom is 0.344 e. The van der Waals surface area contributed by atoms with E-state index in [9.17, 15) is 9.59 Å². The number of esters is 1. The SMILES string of the molecule is Cc1cc(OCC(=O)OCC(=O)N2CCN(c3ccccn3)CC2)ccc1Cl. The topological polar surface area (TPSA) is 72.0 Å². The van der Waals surface area contributed by atoms with Crippen LogP contribution in [0.3, 0.4) is 0 Å². The van der Waals surface area contributed by atoms with E-state index in [1.165, 1.54) is 0 Å². The molecule has 1 saturated heterocycles. The van der Waals surface area contributed by atoms with Gasteiger partial charge in [-0.1, -0.05) is 17.7 Å². The Labute approximate surface area is 168 Å². The molecule has 2 heterocycles. The van der Waals surface area contributed by atoms with Crippen LogP contribution in [-0.2, 0) is 14.3 Å². The molecule has 1 aliphatic heterocycles. The predicted octanol–water partition coefficient (Wildman–Crippen LogP) is 2.31. The molecule has 148 valence electrons. The van der Waals surface area contributed by atoms with Gasteiger partial charge < -0.3 is 19.3 Å². The lowest BCUT2D eigenvalue weighted by atomic mass is 10.2. The van der Waals surface area contributed by atoms with Gasteiger partial charge >= 0.3 is 5.97 Å². The van der Waals surface area contributed by atoms with E-state index in [0.717, 1.165) is 11.4 Å². The Morgan fingerprint density at radius 3 is 2.57 bits per heavy atom. The van der Waals surface area contributed by atoms with E-state index < -0.39 is 5.97 Å². The number of piperazine rings is 1. The van der Waals surface area contributed by atoms with Crippen LogP contribution in [0.5, 0.6) is 5.75 Å². The van der Waals surface area contributed by atoms with Crippen molar-refractivity contribution in [2.75, 3.05) is 44.3 Å². The Bertz CT molecular complexity index is 823. The number of pyridine rings is 1. The number of carbonyl (C=O) groups excluding carboxylic acids is 2. The molecule has 0 N–H and O–H groups in total. The zero-order valence-electron chi connectivity index (χ0n) is 15.6. The quantitative estimate of drug-likeness (QED) is 0.689. The molecule has 0 spiro atoms. The van der Waals surface area contributed by atoms with E-state index >= 15 is 0 Å². The zero-order chi connectivity index (χ0) is 19.9. The highest BCUT2D eigenvalue weighted by molar-refractivity contribution is 6.31. The first-order valence-corrected chi connectivity index (χ1v) is 9.39. The van der Waals surface area contributed by atoms with Crippen LogP contribution in [0.4, 0.5) is 5.82 Å². The van der Waals surface area contributed by atoms with Gasteiger partial charge in [-0.2, -0.15) is 0 Å². The molecule has 8 heteroatoms. The Kier molecular flexibility index (Phi) is 6.71. The minimum Gasteiger partial charge on any atom is -0.482 e. The number of benzene rings is 1. The first kappa shape index (κ1) is 19.9. The first-order valence-electron chi connectivity index (χ1n) is 9.01. The molecule has 3 rings (SSSR count). The number of hydrogen-bond donors (Lipinski definition) is 0. The molecule has 0 atom stereocenters. The fourth-order valence-corrected chi connectivity index (χ4v) is 2.97. The summed E-state index contributed by atoms with van der Waals surface area (Å²) in [4.78, 5) is 32.2. The van der Waals surface area contributed by atoms with Crippen molar-refractivity contribution >= 4 is 29.3 Å². The van der Waals surface area contributed by atoms with E-state index in [-0.39, 0.29) is 19.1 Å². The maximum absolute atomic E-state index is 12.3. The van der Waals surface area contributed by atoms with Gasteiger partial charge in [-0.25, -0.2) is 9.78 Å². The van der Waals surface area contributed by atoms with Crippen LogP contribution in [0, 0.1) is 6.92 Å². The van der Waals surface area contributed by atoms with E-state index in [4.69, 9.17) is 21.1 Å². The van der Waals surface area contributed by atoms with Gasteiger partial charge in [0.2, 0.25) is 0 Å². The number of ether oxygens (including phenoxy) is 2. The first-order chi connectivity index (χ1) is 13.5. The molecule has 0 bridgehead atoms. The van der Waals surface area contributed by atoms with E-state index in [2.05, 4.69) is 9.88 Å². The molecule has 2 aromatic rings. The summed E-state index contributed by atoms with van der Waals surface area (Å²) in [6, 6.07) is 10.9. The summed E-state index contributed by atoms with van der Waals surface area (Å²) in [7, 11) is 0. The van der Waals surface area contributed by atoms with Crippen molar-refractivity contribution < 1.29 is 19.1 Å². The lowest BCUT2D eigenvalue weighted by Gasteiger charge is -2.35. The largest absolute Gasteiger partial charge is 0.482 e. The zero-order valence-corrected chi connectivity index (χ0v) is 16.4. The number of aryl methyl sites for hydroxylation is 1. The molecule has 1 aromatic carbocycles. The van der Waals surface area contributed by atoms with Crippen LogP contribution < -0.4 is 9.64 Å². The molecule has 0 radical (unpaired) electrons. The Morgan fingerprint density at radius 2 is 1.89 bits per heavy atom. The second-order valence-electron chi connectivity index (χ2n) is 6.42. The number of carbonyl (C=O) groups is 2. The smallest absolute Gasteiger partial charge is 0.344 e. The second-order valence-corrected chi connectivity index (χ2v) is 6.82. The summed E-state index contributed by atoms with van der Waals surface area (Å²) in [5.41, 5.74) is 0.854. The highest BCUT2D eigenvalue weighted by Crippen LogP contribution is 2.21. The van der Waals surface area contributed by atoms with Gasteiger partial charge in [0.1, 0.15) is 11.6 Å². The monoisotopic (exact) mass is 403 g/mol. The minimum atomic E-state index is -0.590. The normalized spacial score (nSPS) is 13.9. The van der Waals surface area contributed by atoms with Crippen LogP contribution in [0.2, 0.25) is 5.02 Å². The van der Waals surface area contributed by atoms with Crippen molar-refractivity contribution in [3.63, 3.8) is 0 Å². The number of anilines is 1. The van der Waals surface area contributed by atoms with Crippen molar-refractivity contribution in [1.29, 1.82) is 0 Å². The van der Waals surface area contributed by atoms with Gasteiger partial charge in [0, 0.05) is 37.4 Å². The Balaban J connectivity index is 1.38. The highest BCUT2D eigenvalue weighted by Gasteiger charge is 2.22. The predicted molar refractivity (Wildman–Crippen MR) is 106 cm³/mol. The average Bonchev–Trinajstić information content (AvgIpc) is 2.73. The molecular formula is C20H22ClN3O4. The van der Waals surface area contributed by atoms with Crippen LogP contribution in [0.1, 0.15) is 5.56 Å². The molecule has 0 unspecified atom stereocenters. The second kappa shape index (κ2) is 9.41. The van der Waals surface area contributed by atoms with E-state index in [1.807, 2.05) is 25.1 Å². The lowest BCUT2D eigenvalue weighted by Crippen LogP contribution is -2.50. The van der Waals surface area contributed by atoms with Crippen molar-refractivity contribution in [2.45, 2.75) is 6.92 Å². The van der Waals surface area contributed by atoms with Gasteiger partial charge in [-0.15, -0.1) is 0 Å². The fraction of sp³-hybridized carbons (Fsp3) is 0.350. The lowest BCUT2D eigenvalue weighted by molar-refractivity contribution is -0.153. The van der Waals surface area contributed by atoms with Gasteiger partial charge in [-0.05, 0) is 42.8 Å². The average molecular weight is 404 g/mol. The maximum atomic E-state index is 12.3. The Hall–Kier alpha value is -2.80. The standard InChI is InChI=1S/C20H22ClN3O4/c1-15-12-16(5-6-17(15)21)27-14-20(26)28-13-19(25)24-10-8-23(9-11-24)18-4-2-3-7-22-18/h2-7,12H,8-11,13-14H2,1H3. The molecule has 0 aliphatic carbocycles. The van der Waals surface area contributed by atoms with Gasteiger partial charge in [0.05, 0.1) is 0 Å². The molecule has 0 saturated carbocycles. The minimum absolute atomic E-state index is 0.212. The van der Waals surface area contributed by atoms with Crippen molar-refractivity contribution in [1.82, 2.24) is 9.88 Å².